The van der Waals surface area contributed by atoms with Crippen LogP contribution in [0.3, 0.4) is 0 Å². The molecule has 3 aliphatic heterocycles. The Bertz CT molecular complexity index is 1710. The minimum Gasteiger partial charge on any atom is -0.406 e. The van der Waals surface area contributed by atoms with Gasteiger partial charge in [-0.25, -0.2) is 4.98 Å². The predicted octanol–water partition coefficient (Wildman–Crippen LogP) is 3.05. The summed E-state index contributed by atoms with van der Waals surface area (Å²) in [5.74, 6) is 0.693. The lowest BCUT2D eigenvalue weighted by molar-refractivity contribution is -0.136. The van der Waals surface area contributed by atoms with Gasteiger partial charge >= 0.3 is 0 Å². The van der Waals surface area contributed by atoms with E-state index in [1.165, 1.54) is 0 Å². The second-order valence-electron chi connectivity index (χ2n) is 12.7. The van der Waals surface area contributed by atoms with Crippen LogP contribution < -0.4 is 36.1 Å². The van der Waals surface area contributed by atoms with Crippen LogP contribution >= 0.6 is 11.6 Å². The highest BCUT2D eigenvalue weighted by Crippen LogP contribution is 2.33. The molecule has 254 valence electrons. The van der Waals surface area contributed by atoms with E-state index in [4.69, 9.17) is 21.4 Å². The summed E-state index contributed by atoms with van der Waals surface area (Å²) in [5.41, 5.74) is 6.08. The molecule has 3 amide bonds. The van der Waals surface area contributed by atoms with Crippen molar-refractivity contribution in [3.63, 3.8) is 0 Å². The predicted molar refractivity (Wildman–Crippen MR) is 183 cm³/mol. The van der Waals surface area contributed by atoms with Crippen LogP contribution in [0.2, 0.25) is 5.02 Å². The SMILES string of the molecule is CNc1ccc(Nc2nc(N3CCN(c4ccc5c(c4)CN(C4CCC(=O)NC4=O)C5=O)CC3)ncc2Cl)cc1ONCCC(C)(C)O. The monoisotopic (exact) mass is 677 g/mol. The van der Waals surface area contributed by atoms with E-state index in [0.29, 0.717) is 80.2 Å². The number of aromatic nitrogens is 2. The van der Waals surface area contributed by atoms with Gasteiger partial charge in [0, 0.05) is 75.7 Å². The Hall–Kier alpha value is -4.66. The topological polar surface area (TPSA) is 164 Å². The van der Waals surface area contributed by atoms with Crippen molar-refractivity contribution in [3.8, 4) is 5.75 Å². The molecular formula is C33H40ClN9O5. The first-order valence-electron chi connectivity index (χ1n) is 16.0. The van der Waals surface area contributed by atoms with Crippen LogP contribution in [0, 0.1) is 0 Å². The number of hydroxylamine groups is 1. The summed E-state index contributed by atoms with van der Waals surface area (Å²) in [6.45, 7) is 7.07. The van der Waals surface area contributed by atoms with Crippen LogP contribution in [0.4, 0.5) is 28.8 Å². The van der Waals surface area contributed by atoms with Crippen molar-refractivity contribution in [2.24, 2.45) is 0 Å². The number of amides is 3. The number of piperazine rings is 1. The zero-order chi connectivity index (χ0) is 34.0. The number of carbonyl (C=O) groups is 3. The third-order valence-electron chi connectivity index (χ3n) is 8.70. The molecule has 3 aromatic rings. The average molecular weight is 678 g/mol. The standard InChI is InChI=1S/C33H40ClN9O5/c1-33(2,47)10-11-37-48-27-17-21(4-7-25(27)35-3)38-29-24(34)18-36-32(40-29)42-14-12-41(13-15-42)22-5-6-23-20(16-22)19-43(31(23)46)26-8-9-28(44)39-30(26)45/h4-7,16-18,26,35,37,47H,8-15,19H2,1-3H3,(H,36,38,40)(H,39,44,45). The highest BCUT2D eigenvalue weighted by Gasteiger charge is 2.39. The minimum atomic E-state index is -0.799. The Morgan fingerprint density at radius 1 is 1.08 bits per heavy atom. The Morgan fingerprint density at radius 2 is 1.85 bits per heavy atom. The van der Waals surface area contributed by atoms with Crippen LogP contribution in [0.15, 0.2) is 42.6 Å². The highest BCUT2D eigenvalue weighted by molar-refractivity contribution is 6.32. The zero-order valence-electron chi connectivity index (χ0n) is 27.2. The van der Waals surface area contributed by atoms with Gasteiger partial charge in [-0.2, -0.15) is 10.5 Å². The van der Waals surface area contributed by atoms with Gasteiger partial charge in [0.2, 0.25) is 17.8 Å². The van der Waals surface area contributed by atoms with Crippen LogP contribution in [-0.4, -0.2) is 89.1 Å². The summed E-state index contributed by atoms with van der Waals surface area (Å²) >= 11 is 6.50. The van der Waals surface area contributed by atoms with Gasteiger partial charge in [0.05, 0.1) is 17.5 Å². The van der Waals surface area contributed by atoms with Crippen LogP contribution in [0.1, 0.15) is 49.0 Å². The minimum absolute atomic E-state index is 0.180. The maximum absolute atomic E-state index is 13.1. The molecule has 0 bridgehead atoms. The Labute approximate surface area is 283 Å². The van der Waals surface area contributed by atoms with Crippen LogP contribution in [0.25, 0.3) is 0 Å². The average Bonchev–Trinajstić information content (AvgIpc) is 3.39. The molecule has 48 heavy (non-hydrogen) atoms. The number of carbonyl (C=O) groups excluding carboxylic acids is 3. The fourth-order valence-corrected chi connectivity index (χ4v) is 6.17. The molecule has 5 N–H and O–H groups in total. The summed E-state index contributed by atoms with van der Waals surface area (Å²) in [7, 11) is 1.81. The third kappa shape index (κ3) is 7.40. The number of nitrogens with one attached hydrogen (secondary N) is 4. The molecule has 2 fully saturated rings. The normalized spacial score (nSPS) is 18.1. The van der Waals surface area contributed by atoms with Gasteiger partial charge in [-0.05, 0) is 62.6 Å². The number of aliphatic hydroxyl groups is 1. The van der Waals surface area contributed by atoms with E-state index in [-0.39, 0.29) is 18.2 Å². The van der Waals surface area contributed by atoms with E-state index in [2.05, 4.69) is 36.2 Å². The van der Waals surface area contributed by atoms with E-state index in [1.807, 2.05) is 43.4 Å². The van der Waals surface area contributed by atoms with E-state index in [1.54, 1.807) is 24.9 Å². The molecule has 0 aliphatic carbocycles. The van der Waals surface area contributed by atoms with Crippen molar-refractivity contribution in [1.29, 1.82) is 0 Å². The fourth-order valence-electron chi connectivity index (χ4n) is 6.03. The largest absolute Gasteiger partial charge is 0.406 e. The number of fused-ring (bicyclic) bond motifs is 1. The molecule has 3 aliphatic rings. The molecule has 6 rings (SSSR count). The van der Waals surface area contributed by atoms with E-state index < -0.39 is 17.6 Å². The van der Waals surface area contributed by atoms with Gasteiger partial charge in [-0.1, -0.05) is 11.6 Å². The number of hydrogen-bond donors (Lipinski definition) is 5. The van der Waals surface area contributed by atoms with Crippen molar-refractivity contribution in [3.05, 3.63) is 58.7 Å². The summed E-state index contributed by atoms with van der Waals surface area (Å²) < 4.78 is 0. The molecule has 2 aromatic carbocycles. The van der Waals surface area contributed by atoms with Crippen molar-refractivity contribution in [2.45, 2.75) is 51.3 Å². The molecule has 15 heteroatoms. The number of nitrogens with zero attached hydrogens (tertiary/aromatic N) is 5. The van der Waals surface area contributed by atoms with E-state index in [9.17, 15) is 19.5 Å². The first kappa shape index (κ1) is 33.2. The molecule has 0 spiro atoms. The Balaban J connectivity index is 1.08. The van der Waals surface area contributed by atoms with Gasteiger partial charge in [0.15, 0.2) is 11.6 Å². The van der Waals surface area contributed by atoms with Gasteiger partial charge in [-0.3, -0.25) is 19.7 Å². The van der Waals surface area contributed by atoms with Crippen LogP contribution in [0.5, 0.6) is 5.75 Å². The lowest BCUT2D eigenvalue weighted by Gasteiger charge is -2.36. The molecule has 14 nitrogen and oxygen atoms in total. The Morgan fingerprint density at radius 3 is 2.58 bits per heavy atom. The first-order chi connectivity index (χ1) is 23.0. The Kier molecular flexibility index (Phi) is 9.58. The van der Waals surface area contributed by atoms with Gasteiger partial charge < -0.3 is 35.3 Å². The maximum atomic E-state index is 13.1. The molecule has 0 saturated carbocycles. The van der Waals surface area contributed by atoms with Gasteiger partial charge in [0.1, 0.15) is 11.1 Å². The number of hydrogen-bond acceptors (Lipinski definition) is 12. The van der Waals surface area contributed by atoms with Crippen molar-refractivity contribution in [2.75, 3.05) is 60.2 Å². The summed E-state index contributed by atoms with van der Waals surface area (Å²) in [6.07, 6.45) is 2.67. The second kappa shape index (κ2) is 13.8. The lowest BCUT2D eigenvalue weighted by Crippen LogP contribution is -2.52. The quantitative estimate of drug-likeness (QED) is 0.115. The third-order valence-corrected chi connectivity index (χ3v) is 8.98. The highest BCUT2D eigenvalue weighted by atomic mass is 35.5. The summed E-state index contributed by atoms with van der Waals surface area (Å²) in [5, 5.41) is 19.1. The van der Waals surface area contributed by atoms with Crippen molar-refractivity contribution in [1.82, 2.24) is 25.7 Å². The van der Waals surface area contributed by atoms with E-state index >= 15 is 0 Å². The molecule has 4 heterocycles. The fraction of sp³-hybridized carbons (Fsp3) is 0.424. The van der Waals surface area contributed by atoms with E-state index in [0.717, 1.165) is 22.6 Å². The molecule has 1 unspecified atom stereocenters. The molecule has 1 atom stereocenters. The smallest absolute Gasteiger partial charge is 0.255 e. The van der Waals surface area contributed by atoms with Crippen LogP contribution in [-0.2, 0) is 16.1 Å². The molecule has 1 aromatic heterocycles. The zero-order valence-corrected chi connectivity index (χ0v) is 27.9. The number of anilines is 5. The molecule has 0 radical (unpaired) electrons. The number of imide groups is 1. The number of piperidine rings is 1. The number of benzene rings is 2. The number of halogens is 1. The molecular weight excluding hydrogens is 638 g/mol. The first-order valence-corrected chi connectivity index (χ1v) is 16.4. The molecule has 2 saturated heterocycles. The van der Waals surface area contributed by atoms with Crippen molar-refractivity contribution < 1.29 is 24.3 Å². The van der Waals surface area contributed by atoms with Crippen molar-refractivity contribution >= 4 is 58.2 Å². The lowest BCUT2D eigenvalue weighted by atomic mass is 10.0. The maximum Gasteiger partial charge on any atom is 0.255 e. The summed E-state index contributed by atoms with van der Waals surface area (Å²) in [4.78, 5) is 58.0. The van der Waals surface area contributed by atoms with Gasteiger partial charge in [-0.15, -0.1) is 0 Å². The summed E-state index contributed by atoms with van der Waals surface area (Å²) in [6, 6.07) is 10.8. The van der Waals surface area contributed by atoms with Gasteiger partial charge in [0.25, 0.3) is 5.91 Å². The number of rotatable bonds is 11. The second-order valence-corrected chi connectivity index (χ2v) is 13.1.